The molecule has 13 heavy (non-hydrogen) atoms. The standard InChI is InChI=1S/C6H5N5O2/c7-6-9-1-3-4(11(12)13)2-8-5(3)10-6/h1-2H,(H3,7,8,9,10). The number of anilines is 1. The summed E-state index contributed by atoms with van der Waals surface area (Å²) in [6.07, 6.45) is 2.59. The second-order valence-electron chi connectivity index (χ2n) is 2.42. The molecule has 7 heteroatoms. The van der Waals surface area contributed by atoms with Gasteiger partial charge in [-0.25, -0.2) is 4.98 Å². The van der Waals surface area contributed by atoms with Crippen molar-refractivity contribution >= 4 is 22.7 Å². The number of nitrogens with zero attached hydrogens (tertiary/aromatic N) is 3. The summed E-state index contributed by atoms with van der Waals surface area (Å²) in [5.74, 6) is 0.0873. The van der Waals surface area contributed by atoms with Crippen molar-refractivity contribution in [3.8, 4) is 0 Å². The van der Waals surface area contributed by atoms with Gasteiger partial charge in [0.15, 0.2) is 0 Å². The SMILES string of the molecule is Nc1ncc2c([N+](=O)[O-])c[nH]c2n1. The highest BCUT2D eigenvalue weighted by atomic mass is 16.6. The molecule has 0 aliphatic heterocycles. The van der Waals surface area contributed by atoms with Crippen LogP contribution in [0.15, 0.2) is 12.4 Å². The van der Waals surface area contributed by atoms with E-state index in [1.807, 2.05) is 0 Å². The molecule has 2 aromatic heterocycles. The number of fused-ring (bicyclic) bond motifs is 1. The van der Waals surface area contributed by atoms with Gasteiger partial charge in [-0.1, -0.05) is 0 Å². The summed E-state index contributed by atoms with van der Waals surface area (Å²) in [5.41, 5.74) is 5.63. The first-order chi connectivity index (χ1) is 6.18. The van der Waals surface area contributed by atoms with Crippen molar-refractivity contribution in [2.75, 3.05) is 5.73 Å². The maximum Gasteiger partial charge on any atom is 0.297 e. The molecule has 0 atom stereocenters. The average Bonchev–Trinajstić information content (AvgIpc) is 2.46. The van der Waals surface area contributed by atoms with Crippen molar-refractivity contribution in [3.05, 3.63) is 22.5 Å². The highest BCUT2D eigenvalue weighted by Gasteiger charge is 2.14. The van der Waals surface area contributed by atoms with Gasteiger partial charge in [0.05, 0.1) is 11.1 Å². The van der Waals surface area contributed by atoms with Crippen LogP contribution in [0.25, 0.3) is 11.0 Å². The molecule has 2 heterocycles. The Morgan fingerprint density at radius 3 is 3.08 bits per heavy atom. The van der Waals surface area contributed by atoms with Crippen molar-refractivity contribution in [2.24, 2.45) is 0 Å². The van der Waals surface area contributed by atoms with E-state index in [1.165, 1.54) is 12.4 Å². The summed E-state index contributed by atoms with van der Waals surface area (Å²) >= 11 is 0. The number of nitrogens with two attached hydrogens (primary N) is 1. The van der Waals surface area contributed by atoms with E-state index in [9.17, 15) is 10.1 Å². The zero-order valence-corrected chi connectivity index (χ0v) is 6.39. The number of hydrogen-bond donors (Lipinski definition) is 2. The van der Waals surface area contributed by atoms with E-state index in [-0.39, 0.29) is 11.6 Å². The van der Waals surface area contributed by atoms with Crippen LogP contribution in [0.4, 0.5) is 11.6 Å². The van der Waals surface area contributed by atoms with E-state index >= 15 is 0 Å². The molecule has 2 aromatic rings. The number of aromatic amines is 1. The summed E-state index contributed by atoms with van der Waals surface area (Å²) < 4.78 is 0. The molecule has 0 radical (unpaired) electrons. The van der Waals surface area contributed by atoms with Crippen molar-refractivity contribution < 1.29 is 4.92 Å². The number of rotatable bonds is 1. The fourth-order valence-corrected chi connectivity index (χ4v) is 1.06. The summed E-state index contributed by atoms with van der Waals surface area (Å²) in [6, 6.07) is 0. The van der Waals surface area contributed by atoms with Gasteiger partial charge in [-0.2, -0.15) is 4.98 Å². The molecule has 0 spiro atoms. The van der Waals surface area contributed by atoms with Crippen molar-refractivity contribution in [1.82, 2.24) is 15.0 Å². The molecular formula is C6H5N5O2. The number of hydrogen-bond acceptors (Lipinski definition) is 5. The lowest BCUT2D eigenvalue weighted by Crippen LogP contribution is -1.93. The van der Waals surface area contributed by atoms with Crippen LogP contribution < -0.4 is 5.73 Å². The van der Waals surface area contributed by atoms with Crippen LogP contribution in [0.1, 0.15) is 0 Å². The average molecular weight is 179 g/mol. The minimum absolute atomic E-state index is 0.0463. The Kier molecular flexibility index (Phi) is 1.38. The van der Waals surface area contributed by atoms with Crippen molar-refractivity contribution in [1.29, 1.82) is 0 Å². The second-order valence-corrected chi connectivity index (χ2v) is 2.42. The molecule has 0 aliphatic rings. The number of nitrogens with one attached hydrogen (secondary N) is 1. The van der Waals surface area contributed by atoms with E-state index in [1.54, 1.807) is 0 Å². The molecule has 0 amide bonds. The largest absolute Gasteiger partial charge is 0.368 e. The van der Waals surface area contributed by atoms with E-state index in [2.05, 4.69) is 15.0 Å². The monoisotopic (exact) mass is 179 g/mol. The van der Waals surface area contributed by atoms with Crippen LogP contribution in [0.3, 0.4) is 0 Å². The van der Waals surface area contributed by atoms with Crippen molar-refractivity contribution in [2.45, 2.75) is 0 Å². The highest BCUT2D eigenvalue weighted by molar-refractivity contribution is 5.85. The normalized spacial score (nSPS) is 10.5. The predicted octanol–water partition coefficient (Wildman–Crippen LogP) is 0.448. The molecular weight excluding hydrogens is 174 g/mol. The van der Waals surface area contributed by atoms with Gasteiger partial charge >= 0.3 is 0 Å². The minimum atomic E-state index is -0.502. The van der Waals surface area contributed by atoms with Gasteiger partial charge in [0.1, 0.15) is 11.0 Å². The molecule has 3 N–H and O–H groups in total. The number of nitro groups is 1. The maximum absolute atomic E-state index is 10.5. The first kappa shape index (κ1) is 7.47. The molecule has 0 unspecified atom stereocenters. The Balaban J connectivity index is 2.76. The Hall–Kier alpha value is -2.18. The Labute approximate surface area is 71.8 Å². The molecule has 0 fully saturated rings. The van der Waals surface area contributed by atoms with E-state index < -0.39 is 4.92 Å². The lowest BCUT2D eigenvalue weighted by Gasteiger charge is -1.90. The third kappa shape index (κ3) is 1.06. The van der Waals surface area contributed by atoms with Gasteiger partial charge in [0, 0.05) is 6.20 Å². The lowest BCUT2D eigenvalue weighted by atomic mass is 10.4. The Morgan fingerprint density at radius 2 is 2.38 bits per heavy atom. The number of nitrogen functional groups attached to an aromatic ring is 1. The van der Waals surface area contributed by atoms with Gasteiger partial charge in [0.2, 0.25) is 5.95 Å². The Morgan fingerprint density at radius 1 is 1.62 bits per heavy atom. The minimum Gasteiger partial charge on any atom is -0.368 e. The van der Waals surface area contributed by atoms with Crippen molar-refractivity contribution in [3.63, 3.8) is 0 Å². The van der Waals surface area contributed by atoms with Crippen LogP contribution in [0.2, 0.25) is 0 Å². The third-order valence-corrected chi connectivity index (χ3v) is 1.63. The highest BCUT2D eigenvalue weighted by Crippen LogP contribution is 2.22. The molecule has 7 nitrogen and oxygen atoms in total. The number of H-pyrrole nitrogens is 1. The fraction of sp³-hybridized carbons (Fsp3) is 0. The fourth-order valence-electron chi connectivity index (χ4n) is 1.06. The maximum atomic E-state index is 10.5. The van der Waals surface area contributed by atoms with Gasteiger partial charge in [-0.15, -0.1) is 0 Å². The molecule has 0 aromatic carbocycles. The van der Waals surface area contributed by atoms with E-state index in [0.717, 1.165) is 0 Å². The van der Waals surface area contributed by atoms with E-state index in [0.29, 0.717) is 11.0 Å². The van der Waals surface area contributed by atoms with Gasteiger partial charge in [0.25, 0.3) is 5.69 Å². The molecule has 66 valence electrons. The summed E-state index contributed by atoms with van der Waals surface area (Å²) in [5, 5.41) is 10.8. The zero-order valence-electron chi connectivity index (χ0n) is 6.39. The zero-order chi connectivity index (χ0) is 9.42. The molecule has 0 saturated carbocycles. The van der Waals surface area contributed by atoms with Gasteiger partial charge < -0.3 is 10.7 Å². The topological polar surface area (TPSA) is 111 Å². The van der Waals surface area contributed by atoms with Crippen LogP contribution in [-0.4, -0.2) is 19.9 Å². The van der Waals surface area contributed by atoms with Gasteiger partial charge in [-0.05, 0) is 0 Å². The quantitative estimate of drug-likeness (QED) is 0.487. The van der Waals surface area contributed by atoms with Gasteiger partial charge in [-0.3, -0.25) is 10.1 Å². The molecule has 0 saturated heterocycles. The third-order valence-electron chi connectivity index (χ3n) is 1.63. The molecule has 0 aliphatic carbocycles. The predicted molar refractivity (Wildman–Crippen MR) is 45.0 cm³/mol. The smallest absolute Gasteiger partial charge is 0.297 e. The first-order valence-corrected chi connectivity index (χ1v) is 3.42. The molecule has 2 rings (SSSR count). The first-order valence-electron chi connectivity index (χ1n) is 3.42. The van der Waals surface area contributed by atoms with Crippen LogP contribution in [-0.2, 0) is 0 Å². The van der Waals surface area contributed by atoms with E-state index in [4.69, 9.17) is 5.73 Å². The second kappa shape index (κ2) is 2.41. The number of aromatic nitrogens is 3. The van der Waals surface area contributed by atoms with Crippen LogP contribution in [0.5, 0.6) is 0 Å². The molecule has 0 bridgehead atoms. The summed E-state index contributed by atoms with van der Waals surface area (Å²) in [6.45, 7) is 0. The van der Waals surface area contributed by atoms with Crippen LogP contribution in [0, 0.1) is 10.1 Å². The summed E-state index contributed by atoms with van der Waals surface area (Å²) in [7, 11) is 0. The van der Waals surface area contributed by atoms with Crippen LogP contribution >= 0.6 is 0 Å². The summed E-state index contributed by atoms with van der Waals surface area (Å²) in [4.78, 5) is 20.0. The Bertz CT molecular complexity index is 477. The lowest BCUT2D eigenvalue weighted by molar-refractivity contribution is -0.383.